The van der Waals surface area contributed by atoms with Crippen LogP contribution in [0.4, 0.5) is 5.82 Å². The number of hydrogen-bond donors (Lipinski definition) is 1. The second-order valence-electron chi connectivity index (χ2n) is 4.33. The summed E-state index contributed by atoms with van der Waals surface area (Å²) in [6.07, 6.45) is 4.64. The molecule has 0 aliphatic rings. The number of anilines is 1. The molecule has 18 heavy (non-hydrogen) atoms. The number of aryl methyl sites for hydroxylation is 1. The molecule has 102 valence electrons. The van der Waals surface area contributed by atoms with Crippen molar-refractivity contribution in [3.05, 3.63) is 11.5 Å². The molecule has 0 aliphatic heterocycles. The molecular formula is C13H23N3O2. The fourth-order valence-corrected chi connectivity index (χ4v) is 1.91. The minimum absolute atomic E-state index is 0.241. The standard InChI is InChI=1S/C13H23N3O2/c1-4-6-7-8-9-16-10(3)15-11(12(16)14)13(17)18-5-2/h4-9,14H2,1-3H3. The second-order valence-corrected chi connectivity index (χ2v) is 4.33. The number of carbonyl (C=O) groups is 1. The van der Waals surface area contributed by atoms with Crippen LogP contribution in [0, 0.1) is 6.92 Å². The van der Waals surface area contributed by atoms with Crippen LogP contribution in [0.15, 0.2) is 0 Å². The minimum Gasteiger partial charge on any atom is -0.461 e. The molecule has 0 spiro atoms. The van der Waals surface area contributed by atoms with Crippen LogP contribution in [0.2, 0.25) is 0 Å². The van der Waals surface area contributed by atoms with Gasteiger partial charge in [-0.15, -0.1) is 0 Å². The Morgan fingerprint density at radius 1 is 1.33 bits per heavy atom. The Bertz CT molecular complexity index is 399. The predicted molar refractivity (Wildman–Crippen MR) is 71.5 cm³/mol. The zero-order valence-corrected chi connectivity index (χ0v) is 11.5. The highest BCUT2D eigenvalue weighted by Crippen LogP contribution is 2.16. The lowest BCUT2D eigenvalue weighted by atomic mass is 10.2. The van der Waals surface area contributed by atoms with Crippen molar-refractivity contribution in [2.24, 2.45) is 0 Å². The maximum Gasteiger partial charge on any atom is 0.360 e. The molecule has 1 heterocycles. The van der Waals surface area contributed by atoms with Gasteiger partial charge < -0.3 is 15.0 Å². The number of esters is 1. The lowest BCUT2D eigenvalue weighted by Gasteiger charge is -2.07. The number of nitrogens with zero attached hydrogens (tertiary/aromatic N) is 2. The molecule has 0 fully saturated rings. The van der Waals surface area contributed by atoms with E-state index in [0.29, 0.717) is 12.4 Å². The summed E-state index contributed by atoms with van der Waals surface area (Å²) in [4.78, 5) is 15.8. The molecule has 0 aliphatic carbocycles. The van der Waals surface area contributed by atoms with Crippen molar-refractivity contribution in [1.29, 1.82) is 0 Å². The summed E-state index contributed by atoms with van der Waals surface area (Å²) in [5.41, 5.74) is 6.19. The van der Waals surface area contributed by atoms with E-state index in [-0.39, 0.29) is 5.69 Å². The molecule has 0 saturated carbocycles. The van der Waals surface area contributed by atoms with Crippen molar-refractivity contribution < 1.29 is 9.53 Å². The van der Waals surface area contributed by atoms with E-state index in [1.54, 1.807) is 6.92 Å². The molecule has 0 unspecified atom stereocenters. The van der Waals surface area contributed by atoms with Gasteiger partial charge in [0.1, 0.15) is 11.6 Å². The fourth-order valence-electron chi connectivity index (χ4n) is 1.91. The van der Waals surface area contributed by atoms with Crippen molar-refractivity contribution in [3.63, 3.8) is 0 Å². The number of hydrogen-bond acceptors (Lipinski definition) is 4. The van der Waals surface area contributed by atoms with Gasteiger partial charge in [-0.2, -0.15) is 0 Å². The third kappa shape index (κ3) is 3.48. The first kappa shape index (κ1) is 14.5. The number of rotatable bonds is 7. The summed E-state index contributed by atoms with van der Waals surface area (Å²) in [5, 5.41) is 0. The van der Waals surface area contributed by atoms with Crippen LogP contribution in [-0.4, -0.2) is 22.1 Å². The summed E-state index contributed by atoms with van der Waals surface area (Å²) in [6, 6.07) is 0. The van der Waals surface area contributed by atoms with Gasteiger partial charge in [0.15, 0.2) is 5.69 Å². The molecular weight excluding hydrogens is 230 g/mol. The topological polar surface area (TPSA) is 70.1 Å². The second kappa shape index (κ2) is 7.03. The summed E-state index contributed by atoms with van der Waals surface area (Å²) in [7, 11) is 0. The molecule has 5 heteroatoms. The molecule has 0 aromatic carbocycles. The Hall–Kier alpha value is -1.52. The predicted octanol–water partition coefficient (Wildman–Crippen LogP) is 2.53. The first-order valence-electron chi connectivity index (χ1n) is 6.61. The number of ether oxygens (including phenoxy) is 1. The smallest absolute Gasteiger partial charge is 0.360 e. The zero-order chi connectivity index (χ0) is 13.5. The van der Waals surface area contributed by atoms with E-state index in [0.717, 1.165) is 18.8 Å². The minimum atomic E-state index is -0.439. The highest BCUT2D eigenvalue weighted by atomic mass is 16.5. The van der Waals surface area contributed by atoms with E-state index < -0.39 is 5.97 Å². The highest BCUT2D eigenvalue weighted by Gasteiger charge is 2.19. The van der Waals surface area contributed by atoms with Gasteiger partial charge in [-0.3, -0.25) is 0 Å². The van der Waals surface area contributed by atoms with Crippen molar-refractivity contribution in [2.45, 2.75) is 53.0 Å². The van der Waals surface area contributed by atoms with E-state index in [1.807, 2.05) is 11.5 Å². The van der Waals surface area contributed by atoms with Crippen LogP contribution in [-0.2, 0) is 11.3 Å². The Kier molecular flexibility index (Phi) is 5.68. The Morgan fingerprint density at radius 3 is 2.67 bits per heavy atom. The van der Waals surface area contributed by atoms with Gasteiger partial charge >= 0.3 is 5.97 Å². The van der Waals surface area contributed by atoms with E-state index in [1.165, 1.54) is 19.3 Å². The SMILES string of the molecule is CCCCCCn1c(C)nc(C(=O)OCC)c1N. The van der Waals surface area contributed by atoms with Gasteiger partial charge in [0, 0.05) is 6.54 Å². The van der Waals surface area contributed by atoms with Crippen LogP contribution >= 0.6 is 0 Å². The van der Waals surface area contributed by atoms with Crippen molar-refractivity contribution in [1.82, 2.24) is 9.55 Å². The normalized spacial score (nSPS) is 10.6. The molecule has 5 nitrogen and oxygen atoms in total. The number of nitrogen functional groups attached to an aromatic ring is 1. The van der Waals surface area contributed by atoms with E-state index >= 15 is 0 Å². The number of imidazole rings is 1. The maximum absolute atomic E-state index is 11.6. The maximum atomic E-state index is 11.6. The summed E-state index contributed by atoms with van der Waals surface area (Å²) < 4.78 is 6.82. The Labute approximate surface area is 108 Å². The van der Waals surface area contributed by atoms with Gasteiger partial charge in [0.25, 0.3) is 0 Å². The van der Waals surface area contributed by atoms with Crippen LogP contribution in [0.1, 0.15) is 55.8 Å². The van der Waals surface area contributed by atoms with Gasteiger partial charge in [-0.25, -0.2) is 9.78 Å². The van der Waals surface area contributed by atoms with Crippen molar-refractivity contribution >= 4 is 11.8 Å². The number of unbranched alkanes of at least 4 members (excludes halogenated alkanes) is 3. The largest absolute Gasteiger partial charge is 0.461 e. The van der Waals surface area contributed by atoms with Gasteiger partial charge in [-0.1, -0.05) is 26.2 Å². The zero-order valence-electron chi connectivity index (χ0n) is 11.5. The van der Waals surface area contributed by atoms with Crippen LogP contribution < -0.4 is 5.73 Å². The van der Waals surface area contributed by atoms with Crippen LogP contribution in [0.5, 0.6) is 0 Å². The third-order valence-corrected chi connectivity index (χ3v) is 2.90. The van der Waals surface area contributed by atoms with Crippen molar-refractivity contribution in [2.75, 3.05) is 12.3 Å². The molecule has 1 aromatic rings. The number of carbonyl (C=O) groups excluding carboxylic acids is 1. The molecule has 0 amide bonds. The highest BCUT2D eigenvalue weighted by molar-refractivity contribution is 5.92. The van der Waals surface area contributed by atoms with Gasteiger partial charge in [-0.05, 0) is 20.3 Å². The first-order valence-corrected chi connectivity index (χ1v) is 6.61. The molecule has 0 bridgehead atoms. The van der Waals surface area contributed by atoms with Gasteiger partial charge in [0.2, 0.25) is 0 Å². The lowest BCUT2D eigenvalue weighted by Crippen LogP contribution is -2.10. The molecule has 0 radical (unpaired) electrons. The quantitative estimate of drug-likeness (QED) is 0.599. The number of aromatic nitrogens is 2. The van der Waals surface area contributed by atoms with E-state index in [4.69, 9.17) is 10.5 Å². The third-order valence-electron chi connectivity index (χ3n) is 2.90. The Morgan fingerprint density at radius 2 is 2.06 bits per heavy atom. The average molecular weight is 253 g/mol. The molecule has 2 N–H and O–H groups in total. The summed E-state index contributed by atoms with van der Waals surface area (Å²) in [5.74, 6) is 0.750. The van der Waals surface area contributed by atoms with E-state index in [9.17, 15) is 4.79 Å². The molecule has 1 rings (SSSR count). The molecule has 1 aromatic heterocycles. The molecule has 0 saturated heterocycles. The Balaban J connectivity index is 2.71. The molecule has 0 atom stereocenters. The van der Waals surface area contributed by atoms with Crippen LogP contribution in [0.3, 0.4) is 0 Å². The van der Waals surface area contributed by atoms with Crippen LogP contribution in [0.25, 0.3) is 0 Å². The fraction of sp³-hybridized carbons (Fsp3) is 0.692. The van der Waals surface area contributed by atoms with Crippen molar-refractivity contribution in [3.8, 4) is 0 Å². The van der Waals surface area contributed by atoms with E-state index in [2.05, 4.69) is 11.9 Å². The number of nitrogens with two attached hydrogens (primary N) is 1. The average Bonchev–Trinajstić information content (AvgIpc) is 2.62. The summed E-state index contributed by atoms with van der Waals surface area (Å²) >= 11 is 0. The monoisotopic (exact) mass is 253 g/mol. The first-order chi connectivity index (χ1) is 8.61. The summed E-state index contributed by atoms with van der Waals surface area (Å²) in [6.45, 7) is 6.95. The lowest BCUT2D eigenvalue weighted by molar-refractivity contribution is 0.0521. The van der Waals surface area contributed by atoms with Gasteiger partial charge in [0.05, 0.1) is 6.61 Å².